The number of carbonyl (C=O) groups excluding carboxylic acids is 1. The number of carbonyl (C=O) groups is 1. The van der Waals surface area contributed by atoms with Gasteiger partial charge in [0.1, 0.15) is 0 Å². The number of aryl methyl sites for hydroxylation is 1. The Morgan fingerprint density at radius 2 is 1.74 bits per heavy atom. The average Bonchev–Trinajstić information content (AvgIpc) is 2.75. The summed E-state index contributed by atoms with van der Waals surface area (Å²) in [5, 5.41) is 0.168. The summed E-state index contributed by atoms with van der Waals surface area (Å²) in [4.78, 5) is 18.1. The third kappa shape index (κ3) is 4.86. The van der Waals surface area contributed by atoms with Crippen molar-refractivity contribution in [2.75, 3.05) is 24.2 Å². The number of pyridine rings is 1. The number of alkyl halides is 5. The molecule has 0 aliphatic carbocycles. The Kier molecular flexibility index (Phi) is 6.11. The third-order valence-electron chi connectivity index (χ3n) is 5.96. The van der Waals surface area contributed by atoms with E-state index in [9.17, 15) is 35.2 Å². The number of piperidine rings is 1. The van der Waals surface area contributed by atoms with E-state index in [1.807, 2.05) is 0 Å². The smallest absolute Gasteiger partial charge is 0.364 e. The molecule has 11 heteroatoms. The van der Waals surface area contributed by atoms with Crippen molar-refractivity contribution in [2.45, 2.75) is 36.8 Å². The van der Waals surface area contributed by atoms with Crippen molar-refractivity contribution in [1.82, 2.24) is 4.98 Å². The molecule has 0 N–H and O–H groups in total. The number of aromatic nitrogens is 1. The summed E-state index contributed by atoms with van der Waals surface area (Å²) < 4.78 is 92.5. The number of para-hydroxylation sites is 1. The molecule has 0 spiro atoms. The summed E-state index contributed by atoms with van der Waals surface area (Å²) in [7, 11) is -3.57. The number of halogens is 5. The lowest BCUT2D eigenvalue weighted by atomic mass is 9.91. The zero-order valence-corrected chi connectivity index (χ0v) is 19.6. The van der Waals surface area contributed by atoms with Crippen molar-refractivity contribution < 1.29 is 35.2 Å². The van der Waals surface area contributed by atoms with Gasteiger partial charge in [-0.15, -0.1) is 0 Å². The molecule has 0 atom stereocenters. The first-order chi connectivity index (χ1) is 16.2. The minimum atomic E-state index is -5.19. The molecule has 0 unspecified atom stereocenters. The van der Waals surface area contributed by atoms with Crippen LogP contribution in [0.1, 0.15) is 28.9 Å². The topological polar surface area (TPSA) is 67.3 Å². The molecule has 1 aliphatic rings. The highest BCUT2D eigenvalue weighted by atomic mass is 32.2. The van der Waals surface area contributed by atoms with E-state index in [0.29, 0.717) is 12.2 Å². The fourth-order valence-electron chi connectivity index (χ4n) is 4.40. The van der Waals surface area contributed by atoms with Crippen LogP contribution in [0.15, 0.2) is 47.4 Å². The molecule has 1 aromatic heterocycles. The Morgan fingerprint density at radius 1 is 1.09 bits per heavy atom. The van der Waals surface area contributed by atoms with Crippen LogP contribution < -0.4 is 4.90 Å². The predicted molar refractivity (Wildman–Crippen MR) is 122 cm³/mol. The normalized spacial score (nSPS) is 16.5. The van der Waals surface area contributed by atoms with Crippen LogP contribution >= 0.6 is 0 Å². The zero-order valence-electron chi connectivity index (χ0n) is 18.8. The fourth-order valence-corrected chi connectivity index (χ4v) is 5.04. The van der Waals surface area contributed by atoms with E-state index in [0.717, 1.165) is 6.26 Å². The molecular formula is C24H21F5N2O3S. The van der Waals surface area contributed by atoms with Gasteiger partial charge in [-0.05, 0) is 37.1 Å². The number of fused-ring (bicyclic) bond motifs is 1. The van der Waals surface area contributed by atoms with Gasteiger partial charge in [-0.2, -0.15) is 13.2 Å². The molecular weight excluding hydrogens is 491 g/mol. The quantitative estimate of drug-likeness (QED) is 0.337. The highest BCUT2D eigenvalue weighted by molar-refractivity contribution is 7.90. The van der Waals surface area contributed by atoms with Crippen LogP contribution in [-0.4, -0.2) is 50.6 Å². The number of anilines is 1. The van der Waals surface area contributed by atoms with Crippen LogP contribution in [0.4, 0.5) is 27.6 Å². The zero-order chi connectivity index (χ0) is 25.8. The van der Waals surface area contributed by atoms with E-state index in [1.54, 1.807) is 6.07 Å². The van der Waals surface area contributed by atoms with Crippen molar-refractivity contribution in [3.05, 3.63) is 53.7 Å². The van der Waals surface area contributed by atoms with E-state index in [2.05, 4.69) is 4.98 Å². The van der Waals surface area contributed by atoms with E-state index in [-0.39, 0.29) is 45.5 Å². The lowest BCUT2D eigenvalue weighted by Gasteiger charge is -2.34. The van der Waals surface area contributed by atoms with E-state index < -0.39 is 39.8 Å². The molecule has 1 aliphatic heterocycles. The first-order valence-electron chi connectivity index (χ1n) is 10.7. The lowest BCUT2D eigenvalue weighted by molar-refractivity contribution is -0.0885. The van der Waals surface area contributed by atoms with Crippen LogP contribution in [0.25, 0.3) is 22.0 Å². The van der Waals surface area contributed by atoms with Gasteiger partial charge in [-0.3, -0.25) is 9.78 Å². The van der Waals surface area contributed by atoms with Crippen molar-refractivity contribution in [3.63, 3.8) is 0 Å². The van der Waals surface area contributed by atoms with Crippen molar-refractivity contribution in [2.24, 2.45) is 0 Å². The predicted octanol–water partition coefficient (Wildman–Crippen LogP) is 5.59. The van der Waals surface area contributed by atoms with E-state index in [1.165, 1.54) is 48.2 Å². The van der Waals surface area contributed by atoms with Gasteiger partial charge in [-0.25, -0.2) is 17.2 Å². The molecule has 2 heterocycles. The van der Waals surface area contributed by atoms with Crippen LogP contribution in [0, 0.1) is 6.92 Å². The molecule has 1 saturated heterocycles. The Morgan fingerprint density at radius 3 is 2.31 bits per heavy atom. The summed E-state index contributed by atoms with van der Waals surface area (Å²) in [6.45, 7) is 1.01. The van der Waals surface area contributed by atoms with Crippen LogP contribution in [0.5, 0.6) is 0 Å². The highest BCUT2D eigenvalue weighted by Crippen LogP contribution is 2.41. The second-order valence-electron chi connectivity index (χ2n) is 8.63. The van der Waals surface area contributed by atoms with Crippen LogP contribution in [0.2, 0.25) is 0 Å². The van der Waals surface area contributed by atoms with Gasteiger partial charge in [0.2, 0.25) is 0 Å². The second-order valence-corrected chi connectivity index (χ2v) is 10.6. The van der Waals surface area contributed by atoms with Crippen molar-refractivity contribution >= 4 is 32.2 Å². The number of benzene rings is 2. The monoisotopic (exact) mass is 512 g/mol. The first kappa shape index (κ1) is 25.0. The van der Waals surface area contributed by atoms with E-state index >= 15 is 0 Å². The molecule has 0 bridgehead atoms. The minimum Gasteiger partial charge on any atom is -0.364 e. The molecule has 5 nitrogen and oxygen atoms in total. The SMILES string of the molecule is Cc1nc2c(N3CCCC(F)(F)C3)cccc2c(-c2ccc(S(C)(=O)=O)cc2)c1C(=O)C(F)(F)F. The number of rotatable bonds is 4. The fraction of sp³-hybridized carbons (Fsp3) is 0.333. The molecule has 35 heavy (non-hydrogen) atoms. The molecule has 2 aromatic carbocycles. The molecule has 0 saturated carbocycles. The largest absolute Gasteiger partial charge is 0.454 e. The van der Waals surface area contributed by atoms with Crippen LogP contribution in [0.3, 0.4) is 0 Å². The number of sulfone groups is 1. The molecule has 0 amide bonds. The number of nitrogens with zero attached hydrogens (tertiary/aromatic N) is 2. The van der Waals surface area contributed by atoms with Crippen molar-refractivity contribution in [1.29, 1.82) is 0 Å². The maximum Gasteiger partial charge on any atom is 0.454 e. The minimum absolute atomic E-state index is 0.0451. The highest BCUT2D eigenvalue weighted by Gasteiger charge is 2.42. The van der Waals surface area contributed by atoms with Gasteiger partial charge in [0, 0.05) is 35.9 Å². The van der Waals surface area contributed by atoms with E-state index in [4.69, 9.17) is 0 Å². The molecule has 1 fully saturated rings. The van der Waals surface area contributed by atoms with Gasteiger partial charge in [0.25, 0.3) is 11.7 Å². The summed E-state index contributed by atoms with van der Waals surface area (Å²) in [5.41, 5.74) is -0.285. The lowest BCUT2D eigenvalue weighted by Crippen LogP contribution is -2.42. The number of Topliss-reactive ketones (excluding diaryl/α,β-unsaturated/α-hetero) is 1. The average molecular weight is 513 g/mol. The third-order valence-corrected chi connectivity index (χ3v) is 7.09. The maximum atomic E-state index is 14.1. The summed E-state index contributed by atoms with van der Waals surface area (Å²) in [6.07, 6.45) is -4.23. The Labute approximate surface area is 198 Å². The molecule has 0 radical (unpaired) electrons. The molecule has 4 rings (SSSR count). The number of hydrogen-bond donors (Lipinski definition) is 0. The first-order valence-corrected chi connectivity index (χ1v) is 12.6. The molecule has 3 aromatic rings. The number of hydrogen-bond acceptors (Lipinski definition) is 5. The van der Waals surface area contributed by atoms with Gasteiger partial charge in [-0.1, -0.05) is 24.3 Å². The Bertz CT molecular complexity index is 1420. The summed E-state index contributed by atoms with van der Waals surface area (Å²) >= 11 is 0. The van der Waals surface area contributed by atoms with Gasteiger partial charge in [0.05, 0.1) is 28.2 Å². The number of ketones is 1. The Hall–Kier alpha value is -3.08. The molecule has 186 valence electrons. The summed E-state index contributed by atoms with van der Waals surface area (Å²) in [6, 6.07) is 9.67. The van der Waals surface area contributed by atoms with Gasteiger partial charge in [0.15, 0.2) is 9.84 Å². The Balaban J connectivity index is 2.02. The maximum absolute atomic E-state index is 14.1. The van der Waals surface area contributed by atoms with Gasteiger partial charge >= 0.3 is 6.18 Å². The van der Waals surface area contributed by atoms with Gasteiger partial charge < -0.3 is 4.90 Å². The van der Waals surface area contributed by atoms with Crippen LogP contribution in [-0.2, 0) is 9.84 Å². The standard InChI is InChI=1S/C24H21F5N2O3S/c1-14-19(22(32)24(27,28)29)20(15-7-9-16(10-8-15)35(2,33)34)17-5-3-6-18(21(17)30-14)31-12-4-11-23(25,26)13-31/h3,5-10H,4,11-13H2,1-2H3. The summed E-state index contributed by atoms with van der Waals surface area (Å²) in [5.74, 6) is -5.02. The second kappa shape index (κ2) is 8.54. The van der Waals surface area contributed by atoms with Crippen molar-refractivity contribution in [3.8, 4) is 11.1 Å².